The molecule has 2 rings (SSSR count). The van der Waals surface area contributed by atoms with Crippen LogP contribution in [0.3, 0.4) is 0 Å². The van der Waals surface area contributed by atoms with Gasteiger partial charge in [-0.3, -0.25) is 4.79 Å². The van der Waals surface area contributed by atoms with Gasteiger partial charge in [-0.2, -0.15) is 0 Å². The molecule has 20 heavy (non-hydrogen) atoms. The number of likely N-dealkylation sites (N-methyl/N-ethyl adjacent to an activating group) is 1. The van der Waals surface area contributed by atoms with Crippen LogP contribution in [0, 0.1) is 13.8 Å². The Morgan fingerprint density at radius 3 is 2.75 bits per heavy atom. The molecule has 1 aromatic carbocycles. The SMILES string of the molecule is CCN(C(=O)CNc1cc(C)on1)c1cccc(C)c1. The number of nitrogens with one attached hydrogen (secondary N) is 1. The lowest BCUT2D eigenvalue weighted by atomic mass is 10.2. The highest BCUT2D eigenvalue weighted by Gasteiger charge is 2.14. The molecule has 0 aliphatic rings. The van der Waals surface area contributed by atoms with E-state index in [9.17, 15) is 4.79 Å². The Hall–Kier alpha value is -2.30. The standard InChI is InChI=1S/C15H19N3O2/c1-4-18(13-7-5-6-11(2)8-13)15(19)10-16-14-9-12(3)20-17-14/h5-9H,4,10H2,1-3H3,(H,16,17). The molecule has 1 heterocycles. The van der Waals surface area contributed by atoms with Crippen molar-refractivity contribution < 1.29 is 9.32 Å². The van der Waals surface area contributed by atoms with Crippen molar-refractivity contribution in [1.82, 2.24) is 5.16 Å². The van der Waals surface area contributed by atoms with Gasteiger partial charge in [0.15, 0.2) is 5.82 Å². The highest BCUT2D eigenvalue weighted by molar-refractivity contribution is 5.96. The van der Waals surface area contributed by atoms with E-state index in [1.54, 1.807) is 11.0 Å². The lowest BCUT2D eigenvalue weighted by Gasteiger charge is -2.21. The number of carbonyl (C=O) groups excluding carboxylic acids is 1. The number of benzene rings is 1. The first kappa shape index (κ1) is 14.1. The number of hydrogen-bond acceptors (Lipinski definition) is 4. The molecule has 0 fully saturated rings. The summed E-state index contributed by atoms with van der Waals surface area (Å²) in [6, 6.07) is 9.67. The van der Waals surface area contributed by atoms with Gasteiger partial charge in [-0.1, -0.05) is 17.3 Å². The van der Waals surface area contributed by atoms with Crippen molar-refractivity contribution in [3.63, 3.8) is 0 Å². The minimum Gasteiger partial charge on any atom is -0.360 e. The van der Waals surface area contributed by atoms with E-state index in [0.29, 0.717) is 18.1 Å². The molecule has 0 saturated heterocycles. The van der Waals surface area contributed by atoms with E-state index in [0.717, 1.165) is 11.3 Å². The minimum absolute atomic E-state index is 0.00115. The van der Waals surface area contributed by atoms with Crippen LogP contribution >= 0.6 is 0 Å². The second-order valence-corrected chi connectivity index (χ2v) is 4.65. The van der Waals surface area contributed by atoms with Crippen LogP contribution in [0.25, 0.3) is 0 Å². The van der Waals surface area contributed by atoms with E-state index in [4.69, 9.17) is 4.52 Å². The largest absolute Gasteiger partial charge is 0.360 e. The highest BCUT2D eigenvalue weighted by Crippen LogP contribution is 2.16. The van der Waals surface area contributed by atoms with Crippen LogP contribution in [0.2, 0.25) is 0 Å². The fraction of sp³-hybridized carbons (Fsp3) is 0.333. The van der Waals surface area contributed by atoms with Crippen LogP contribution in [0.1, 0.15) is 18.2 Å². The van der Waals surface area contributed by atoms with E-state index >= 15 is 0 Å². The van der Waals surface area contributed by atoms with Gasteiger partial charge in [0.25, 0.3) is 0 Å². The number of aromatic nitrogens is 1. The molecule has 1 N–H and O–H groups in total. The maximum absolute atomic E-state index is 12.3. The molecule has 0 aliphatic carbocycles. The van der Waals surface area contributed by atoms with E-state index in [2.05, 4.69) is 10.5 Å². The van der Waals surface area contributed by atoms with Crippen molar-refractivity contribution in [3.8, 4) is 0 Å². The summed E-state index contributed by atoms with van der Waals surface area (Å²) >= 11 is 0. The third-order valence-corrected chi connectivity index (χ3v) is 2.98. The van der Waals surface area contributed by atoms with Crippen LogP contribution in [0.15, 0.2) is 34.9 Å². The Balaban J connectivity index is 2.02. The third kappa shape index (κ3) is 3.38. The van der Waals surface area contributed by atoms with Crippen LogP contribution in [-0.2, 0) is 4.79 Å². The molecule has 0 aliphatic heterocycles. The van der Waals surface area contributed by atoms with Crippen molar-refractivity contribution in [2.24, 2.45) is 0 Å². The summed E-state index contributed by atoms with van der Waals surface area (Å²) in [5.41, 5.74) is 2.05. The van der Waals surface area contributed by atoms with Crippen molar-refractivity contribution in [1.29, 1.82) is 0 Å². The van der Waals surface area contributed by atoms with Crippen LogP contribution in [-0.4, -0.2) is 24.2 Å². The van der Waals surface area contributed by atoms with Gasteiger partial charge in [-0.15, -0.1) is 0 Å². The van der Waals surface area contributed by atoms with Gasteiger partial charge < -0.3 is 14.7 Å². The maximum atomic E-state index is 12.3. The molecule has 2 aromatic rings. The number of anilines is 2. The summed E-state index contributed by atoms with van der Waals surface area (Å²) in [7, 11) is 0. The summed E-state index contributed by atoms with van der Waals surface area (Å²) in [6.07, 6.45) is 0. The number of aryl methyl sites for hydroxylation is 2. The molecule has 1 aromatic heterocycles. The van der Waals surface area contributed by atoms with Crippen molar-refractivity contribution in [3.05, 3.63) is 41.7 Å². The Bertz CT molecular complexity index is 592. The molecule has 0 unspecified atom stereocenters. The lowest BCUT2D eigenvalue weighted by molar-refractivity contribution is -0.116. The Labute approximate surface area is 118 Å². The molecule has 0 spiro atoms. The predicted molar refractivity (Wildman–Crippen MR) is 78.9 cm³/mol. The zero-order chi connectivity index (χ0) is 14.5. The maximum Gasteiger partial charge on any atom is 0.246 e. The van der Waals surface area contributed by atoms with E-state index < -0.39 is 0 Å². The van der Waals surface area contributed by atoms with Gasteiger partial charge in [0, 0.05) is 18.3 Å². The number of hydrogen-bond donors (Lipinski definition) is 1. The van der Waals surface area contributed by atoms with Gasteiger partial charge in [0.2, 0.25) is 5.91 Å². The smallest absolute Gasteiger partial charge is 0.246 e. The summed E-state index contributed by atoms with van der Waals surface area (Å²) in [5.74, 6) is 1.29. The number of carbonyl (C=O) groups is 1. The van der Waals surface area contributed by atoms with Crippen molar-refractivity contribution in [2.75, 3.05) is 23.3 Å². The number of amides is 1. The van der Waals surface area contributed by atoms with Crippen molar-refractivity contribution >= 4 is 17.4 Å². The molecular formula is C15H19N3O2. The van der Waals surface area contributed by atoms with Gasteiger partial charge >= 0.3 is 0 Å². The van der Waals surface area contributed by atoms with Crippen LogP contribution in [0.4, 0.5) is 11.5 Å². The fourth-order valence-corrected chi connectivity index (χ4v) is 2.01. The zero-order valence-electron chi connectivity index (χ0n) is 12.0. The summed E-state index contributed by atoms with van der Waals surface area (Å²) < 4.78 is 4.95. The highest BCUT2D eigenvalue weighted by atomic mass is 16.5. The Morgan fingerprint density at radius 1 is 1.35 bits per heavy atom. The summed E-state index contributed by atoms with van der Waals surface area (Å²) in [4.78, 5) is 14.0. The molecule has 106 valence electrons. The number of rotatable bonds is 5. The first-order valence-electron chi connectivity index (χ1n) is 6.64. The van der Waals surface area contributed by atoms with Gasteiger partial charge in [-0.05, 0) is 38.5 Å². The quantitative estimate of drug-likeness (QED) is 0.910. The summed E-state index contributed by atoms with van der Waals surface area (Å²) in [5, 5.41) is 6.77. The second-order valence-electron chi connectivity index (χ2n) is 4.65. The fourth-order valence-electron chi connectivity index (χ4n) is 2.01. The molecule has 5 heteroatoms. The molecule has 0 radical (unpaired) electrons. The monoisotopic (exact) mass is 273 g/mol. The normalized spacial score (nSPS) is 10.3. The van der Waals surface area contributed by atoms with Crippen LogP contribution in [0.5, 0.6) is 0 Å². The predicted octanol–water partition coefficient (Wildman–Crippen LogP) is 2.76. The Kier molecular flexibility index (Phi) is 4.40. The average molecular weight is 273 g/mol. The molecular weight excluding hydrogens is 254 g/mol. The van der Waals surface area contributed by atoms with E-state index in [1.807, 2.05) is 45.0 Å². The molecule has 0 bridgehead atoms. The Morgan fingerprint density at radius 2 is 2.15 bits per heavy atom. The molecule has 1 amide bonds. The number of nitrogens with zero attached hydrogens (tertiary/aromatic N) is 2. The minimum atomic E-state index is -0.00115. The average Bonchev–Trinajstić information content (AvgIpc) is 2.83. The zero-order valence-corrected chi connectivity index (χ0v) is 12.0. The topological polar surface area (TPSA) is 58.4 Å². The molecule has 0 saturated carbocycles. The van der Waals surface area contributed by atoms with E-state index in [1.165, 1.54) is 0 Å². The molecule has 5 nitrogen and oxygen atoms in total. The third-order valence-electron chi connectivity index (χ3n) is 2.98. The lowest BCUT2D eigenvalue weighted by Crippen LogP contribution is -2.35. The first-order chi connectivity index (χ1) is 9.60. The van der Waals surface area contributed by atoms with E-state index in [-0.39, 0.29) is 12.5 Å². The van der Waals surface area contributed by atoms with Gasteiger partial charge in [-0.25, -0.2) is 0 Å². The van der Waals surface area contributed by atoms with Crippen molar-refractivity contribution in [2.45, 2.75) is 20.8 Å². The van der Waals surface area contributed by atoms with Gasteiger partial charge in [0.1, 0.15) is 5.76 Å². The second kappa shape index (κ2) is 6.23. The van der Waals surface area contributed by atoms with Gasteiger partial charge in [0.05, 0.1) is 6.54 Å². The first-order valence-corrected chi connectivity index (χ1v) is 6.64. The summed E-state index contributed by atoms with van der Waals surface area (Å²) in [6.45, 7) is 6.60. The van der Waals surface area contributed by atoms with Crippen LogP contribution < -0.4 is 10.2 Å². The molecule has 0 atom stereocenters.